The van der Waals surface area contributed by atoms with Crippen molar-refractivity contribution in [2.75, 3.05) is 7.11 Å². The number of nitrogens with zero attached hydrogens (tertiary/aromatic N) is 1. The summed E-state index contributed by atoms with van der Waals surface area (Å²) < 4.78 is 4.84. The molecule has 0 saturated carbocycles. The number of carbonyl (C=O) groups is 1. The van der Waals surface area contributed by atoms with Gasteiger partial charge in [0, 0.05) is 18.3 Å². The minimum atomic E-state index is -0.976. The number of aliphatic carboxylic acids is 1. The number of carboxylic acid groups (broad SMARTS) is 1. The highest BCUT2D eigenvalue weighted by Gasteiger charge is 1.92. The lowest BCUT2D eigenvalue weighted by Gasteiger charge is -1.96. The van der Waals surface area contributed by atoms with Crippen molar-refractivity contribution in [3.63, 3.8) is 0 Å². The first kappa shape index (κ1) is 9.25. The van der Waals surface area contributed by atoms with E-state index in [1.165, 1.54) is 19.4 Å². The van der Waals surface area contributed by atoms with Crippen LogP contribution in [-0.2, 0) is 4.79 Å². The molecular formula is C9H9NO3. The molecule has 0 aromatic carbocycles. The Bertz CT molecular complexity index is 316. The normalized spacial score (nSPS) is 10.2. The lowest BCUT2D eigenvalue weighted by molar-refractivity contribution is -0.131. The SMILES string of the molecule is COc1ccc(/C=C\C(=O)O)cn1. The highest BCUT2D eigenvalue weighted by atomic mass is 16.5. The number of carboxylic acids is 1. The zero-order valence-electron chi connectivity index (χ0n) is 7.10. The van der Waals surface area contributed by atoms with E-state index in [0.29, 0.717) is 5.88 Å². The van der Waals surface area contributed by atoms with Gasteiger partial charge in [0.05, 0.1) is 7.11 Å². The maximum absolute atomic E-state index is 10.2. The van der Waals surface area contributed by atoms with E-state index < -0.39 is 5.97 Å². The molecule has 1 N–H and O–H groups in total. The Hall–Kier alpha value is -1.84. The maximum Gasteiger partial charge on any atom is 0.328 e. The molecular weight excluding hydrogens is 170 g/mol. The van der Waals surface area contributed by atoms with Crippen LogP contribution in [0.25, 0.3) is 6.08 Å². The van der Waals surface area contributed by atoms with E-state index >= 15 is 0 Å². The molecule has 0 saturated heterocycles. The fourth-order valence-corrected chi connectivity index (χ4v) is 0.779. The molecule has 0 bridgehead atoms. The van der Waals surface area contributed by atoms with Crippen LogP contribution < -0.4 is 4.74 Å². The molecule has 0 atom stereocenters. The van der Waals surface area contributed by atoms with Gasteiger partial charge in [0.1, 0.15) is 0 Å². The number of aromatic nitrogens is 1. The van der Waals surface area contributed by atoms with Crippen molar-refractivity contribution in [3.05, 3.63) is 30.0 Å². The second-order valence-electron chi connectivity index (χ2n) is 2.31. The standard InChI is InChI=1S/C9H9NO3/c1-13-8-4-2-7(6-10-8)3-5-9(11)12/h2-6H,1H3,(H,11,12)/b5-3-. The summed E-state index contributed by atoms with van der Waals surface area (Å²) in [6.07, 6.45) is 4.07. The van der Waals surface area contributed by atoms with E-state index in [4.69, 9.17) is 9.84 Å². The summed E-state index contributed by atoms with van der Waals surface area (Å²) in [6, 6.07) is 3.40. The minimum absolute atomic E-state index is 0.507. The van der Waals surface area contributed by atoms with Gasteiger partial charge in [-0.1, -0.05) is 0 Å². The van der Waals surface area contributed by atoms with Crippen molar-refractivity contribution in [2.45, 2.75) is 0 Å². The first-order chi connectivity index (χ1) is 6.22. The number of hydrogen-bond acceptors (Lipinski definition) is 3. The van der Waals surface area contributed by atoms with Gasteiger partial charge in [0.2, 0.25) is 5.88 Å². The van der Waals surface area contributed by atoms with Gasteiger partial charge in [-0.15, -0.1) is 0 Å². The monoisotopic (exact) mass is 179 g/mol. The molecule has 0 spiro atoms. The third kappa shape index (κ3) is 2.94. The highest BCUT2D eigenvalue weighted by molar-refractivity contribution is 5.85. The Morgan fingerprint density at radius 3 is 2.85 bits per heavy atom. The molecule has 0 aliphatic carbocycles. The van der Waals surface area contributed by atoms with Crippen molar-refractivity contribution in [1.29, 1.82) is 0 Å². The molecule has 1 aromatic heterocycles. The van der Waals surface area contributed by atoms with Gasteiger partial charge in [-0.05, 0) is 17.7 Å². The molecule has 1 aromatic rings. The fourth-order valence-electron chi connectivity index (χ4n) is 0.779. The average Bonchev–Trinajstić information content (AvgIpc) is 2.15. The largest absolute Gasteiger partial charge is 0.481 e. The second-order valence-corrected chi connectivity index (χ2v) is 2.31. The minimum Gasteiger partial charge on any atom is -0.481 e. The number of ether oxygens (including phenoxy) is 1. The maximum atomic E-state index is 10.2. The van der Waals surface area contributed by atoms with E-state index in [1.807, 2.05) is 0 Å². The van der Waals surface area contributed by atoms with E-state index in [0.717, 1.165) is 11.6 Å². The van der Waals surface area contributed by atoms with Crippen LogP contribution in [0.2, 0.25) is 0 Å². The molecule has 0 fully saturated rings. The van der Waals surface area contributed by atoms with E-state index in [2.05, 4.69) is 4.98 Å². The third-order valence-corrected chi connectivity index (χ3v) is 1.39. The van der Waals surface area contributed by atoms with Gasteiger partial charge >= 0.3 is 5.97 Å². The molecule has 1 rings (SSSR count). The Kier molecular flexibility index (Phi) is 3.03. The van der Waals surface area contributed by atoms with Crippen LogP contribution in [0.5, 0.6) is 5.88 Å². The topological polar surface area (TPSA) is 59.4 Å². The smallest absolute Gasteiger partial charge is 0.328 e. The molecule has 0 radical (unpaired) electrons. The third-order valence-electron chi connectivity index (χ3n) is 1.39. The zero-order chi connectivity index (χ0) is 9.68. The van der Waals surface area contributed by atoms with Gasteiger partial charge in [-0.25, -0.2) is 9.78 Å². The first-order valence-corrected chi connectivity index (χ1v) is 3.63. The van der Waals surface area contributed by atoms with Gasteiger partial charge in [-0.2, -0.15) is 0 Å². The quantitative estimate of drug-likeness (QED) is 0.708. The van der Waals surface area contributed by atoms with Gasteiger partial charge in [0.25, 0.3) is 0 Å². The van der Waals surface area contributed by atoms with Crippen LogP contribution >= 0.6 is 0 Å². The number of rotatable bonds is 3. The average molecular weight is 179 g/mol. The van der Waals surface area contributed by atoms with Crippen molar-refractivity contribution in [3.8, 4) is 5.88 Å². The Balaban J connectivity index is 2.75. The van der Waals surface area contributed by atoms with Gasteiger partial charge in [0.15, 0.2) is 0 Å². The lowest BCUT2D eigenvalue weighted by atomic mass is 10.2. The van der Waals surface area contributed by atoms with Crippen molar-refractivity contribution in [2.24, 2.45) is 0 Å². The van der Waals surface area contributed by atoms with E-state index in [1.54, 1.807) is 12.1 Å². The van der Waals surface area contributed by atoms with Crippen molar-refractivity contribution >= 4 is 12.0 Å². The second kappa shape index (κ2) is 4.25. The van der Waals surface area contributed by atoms with E-state index in [9.17, 15) is 4.79 Å². The predicted molar refractivity (Wildman–Crippen MR) is 47.5 cm³/mol. The molecule has 0 aliphatic heterocycles. The van der Waals surface area contributed by atoms with Crippen LogP contribution in [0.15, 0.2) is 24.4 Å². The van der Waals surface area contributed by atoms with Crippen molar-refractivity contribution in [1.82, 2.24) is 4.98 Å². The number of methoxy groups -OCH3 is 1. The van der Waals surface area contributed by atoms with Crippen LogP contribution in [0.4, 0.5) is 0 Å². The molecule has 0 amide bonds. The summed E-state index contributed by atoms with van der Waals surface area (Å²) in [4.78, 5) is 14.1. The zero-order valence-corrected chi connectivity index (χ0v) is 7.10. The van der Waals surface area contributed by atoms with Gasteiger partial charge < -0.3 is 9.84 Å². The lowest BCUT2D eigenvalue weighted by Crippen LogP contribution is -1.88. The molecule has 13 heavy (non-hydrogen) atoms. The Labute approximate surface area is 75.5 Å². The van der Waals surface area contributed by atoms with Crippen LogP contribution in [0.3, 0.4) is 0 Å². The summed E-state index contributed by atoms with van der Waals surface area (Å²) in [5, 5.41) is 8.34. The Morgan fingerprint density at radius 1 is 1.62 bits per heavy atom. The van der Waals surface area contributed by atoms with Crippen LogP contribution in [0.1, 0.15) is 5.56 Å². The summed E-state index contributed by atoms with van der Waals surface area (Å²) in [6.45, 7) is 0. The highest BCUT2D eigenvalue weighted by Crippen LogP contribution is 2.07. The number of hydrogen-bond donors (Lipinski definition) is 1. The predicted octanol–water partition coefficient (Wildman–Crippen LogP) is 1.19. The molecule has 68 valence electrons. The summed E-state index contributed by atoms with van der Waals surface area (Å²) in [5.74, 6) is -0.469. The molecule has 4 heteroatoms. The van der Waals surface area contributed by atoms with Crippen molar-refractivity contribution < 1.29 is 14.6 Å². The van der Waals surface area contributed by atoms with E-state index in [-0.39, 0.29) is 0 Å². The number of pyridine rings is 1. The molecule has 4 nitrogen and oxygen atoms in total. The fraction of sp³-hybridized carbons (Fsp3) is 0.111. The van der Waals surface area contributed by atoms with Gasteiger partial charge in [-0.3, -0.25) is 0 Å². The molecule has 1 heterocycles. The first-order valence-electron chi connectivity index (χ1n) is 3.63. The summed E-state index contributed by atoms with van der Waals surface area (Å²) in [7, 11) is 1.52. The molecule has 0 aliphatic rings. The molecule has 0 unspecified atom stereocenters. The van der Waals surface area contributed by atoms with Crippen LogP contribution in [0, 0.1) is 0 Å². The Morgan fingerprint density at radius 2 is 2.38 bits per heavy atom. The van der Waals surface area contributed by atoms with Crippen LogP contribution in [-0.4, -0.2) is 23.2 Å². The summed E-state index contributed by atoms with van der Waals surface area (Å²) in [5.41, 5.74) is 0.725. The summed E-state index contributed by atoms with van der Waals surface area (Å²) >= 11 is 0.